The topological polar surface area (TPSA) is 96.2 Å². The Kier molecular flexibility index (Phi) is 6.45. The van der Waals surface area contributed by atoms with Gasteiger partial charge in [0.05, 0.1) is 32.7 Å². The number of anilines is 2. The van der Waals surface area contributed by atoms with Crippen LogP contribution < -0.4 is 10.6 Å². The third kappa shape index (κ3) is 4.94. The number of carboxylic acids is 1. The first-order valence-corrected chi connectivity index (χ1v) is 11.0. The van der Waals surface area contributed by atoms with Crippen LogP contribution in [0.5, 0.6) is 0 Å². The van der Waals surface area contributed by atoms with Gasteiger partial charge < -0.3 is 10.4 Å². The number of nitrogens with zero attached hydrogens (tertiary/aromatic N) is 2. The molecule has 2 aromatic heterocycles. The zero-order valence-electron chi connectivity index (χ0n) is 16.4. The van der Waals surface area contributed by atoms with E-state index in [1.165, 1.54) is 11.3 Å². The quantitative estimate of drug-likeness (QED) is 0.303. The van der Waals surface area contributed by atoms with E-state index >= 15 is 0 Å². The summed E-state index contributed by atoms with van der Waals surface area (Å²) in [7, 11) is 0. The average Bonchev–Trinajstić information content (AvgIpc) is 3.41. The van der Waals surface area contributed by atoms with Crippen LogP contribution in [-0.4, -0.2) is 26.9 Å². The molecule has 2 heterocycles. The second-order valence-electron chi connectivity index (χ2n) is 6.72. The number of benzene rings is 2. The molecule has 4 rings (SSSR count). The van der Waals surface area contributed by atoms with Gasteiger partial charge in [-0.25, -0.2) is 9.48 Å². The van der Waals surface area contributed by atoms with Gasteiger partial charge in [-0.1, -0.05) is 47.5 Å². The fourth-order valence-corrected chi connectivity index (χ4v) is 4.08. The number of aromatic nitrogens is 2. The van der Waals surface area contributed by atoms with Gasteiger partial charge in [0.2, 0.25) is 0 Å². The predicted octanol–water partition coefficient (Wildman–Crippen LogP) is 6.18. The molecule has 0 radical (unpaired) electrons. The van der Waals surface area contributed by atoms with Crippen LogP contribution in [-0.2, 0) is 11.2 Å². The Bertz CT molecular complexity index is 1290. The molecule has 0 saturated heterocycles. The number of thiophene rings is 1. The Morgan fingerprint density at radius 3 is 2.59 bits per heavy atom. The van der Waals surface area contributed by atoms with Gasteiger partial charge in [0.15, 0.2) is 0 Å². The Morgan fingerprint density at radius 1 is 1.03 bits per heavy atom. The van der Waals surface area contributed by atoms with E-state index in [9.17, 15) is 9.59 Å². The van der Waals surface area contributed by atoms with Crippen molar-refractivity contribution in [1.29, 1.82) is 0 Å². The molecule has 0 aliphatic carbocycles. The Morgan fingerprint density at radius 2 is 1.84 bits per heavy atom. The highest BCUT2D eigenvalue weighted by molar-refractivity contribution is 7.13. The lowest BCUT2D eigenvalue weighted by Crippen LogP contribution is -2.21. The number of aliphatic carboxylic acids is 1. The molecule has 0 bridgehead atoms. The Hall–Kier alpha value is -3.33. The van der Waals surface area contributed by atoms with Crippen molar-refractivity contribution in [3.8, 4) is 16.3 Å². The number of rotatable bonds is 6. The number of carbonyl (C=O) groups excluding carboxylic acids is 1. The second-order valence-corrected chi connectivity index (χ2v) is 8.46. The number of hydrogen-bond donors (Lipinski definition) is 3. The van der Waals surface area contributed by atoms with Gasteiger partial charge in [0, 0.05) is 6.07 Å². The molecule has 7 nitrogen and oxygen atoms in total. The van der Waals surface area contributed by atoms with Gasteiger partial charge in [0.25, 0.3) is 0 Å². The van der Waals surface area contributed by atoms with Crippen LogP contribution in [0.15, 0.2) is 66.0 Å². The van der Waals surface area contributed by atoms with E-state index in [4.69, 9.17) is 28.3 Å². The first-order valence-electron chi connectivity index (χ1n) is 9.38. The Balaban J connectivity index is 1.67. The highest BCUT2D eigenvalue weighted by Crippen LogP contribution is 2.31. The lowest BCUT2D eigenvalue weighted by Gasteiger charge is -2.12. The van der Waals surface area contributed by atoms with Crippen LogP contribution in [0.4, 0.5) is 16.3 Å². The van der Waals surface area contributed by atoms with E-state index in [0.29, 0.717) is 33.5 Å². The fraction of sp³-hybridized carbons (Fsp3) is 0.0455. The summed E-state index contributed by atoms with van der Waals surface area (Å²) in [6, 6.07) is 17.0. The van der Waals surface area contributed by atoms with E-state index in [-0.39, 0.29) is 11.4 Å². The maximum absolute atomic E-state index is 12.7. The van der Waals surface area contributed by atoms with Crippen LogP contribution in [0.1, 0.15) is 5.56 Å². The highest BCUT2D eigenvalue weighted by atomic mass is 35.5. The molecule has 3 N–H and O–H groups in total. The third-order valence-electron chi connectivity index (χ3n) is 4.43. The molecule has 4 aromatic rings. The van der Waals surface area contributed by atoms with Crippen molar-refractivity contribution in [2.45, 2.75) is 6.42 Å². The standard InChI is InChI=1S/C22H16Cl2N4O3S/c23-15-6-2-7-16(21(15)24)25-22(31)26-19-12-17(18-8-3-9-32-18)27-28(19)14-5-1-4-13(10-14)11-20(29)30/h1-10,12H,11H2,(H,29,30)(H2,25,26,31). The number of amides is 2. The average molecular weight is 487 g/mol. The molecule has 0 atom stereocenters. The van der Waals surface area contributed by atoms with Crippen molar-refractivity contribution in [3.05, 3.63) is 81.7 Å². The molecule has 32 heavy (non-hydrogen) atoms. The van der Waals surface area contributed by atoms with Crippen molar-refractivity contribution in [1.82, 2.24) is 9.78 Å². The Labute approximate surface area is 197 Å². The van der Waals surface area contributed by atoms with Gasteiger partial charge in [-0.2, -0.15) is 5.10 Å². The number of hydrogen-bond acceptors (Lipinski definition) is 4. The van der Waals surface area contributed by atoms with E-state index in [1.807, 2.05) is 17.5 Å². The smallest absolute Gasteiger partial charge is 0.324 e. The normalized spacial score (nSPS) is 10.7. The number of halogens is 2. The van der Waals surface area contributed by atoms with Crippen LogP contribution in [0.2, 0.25) is 10.0 Å². The van der Waals surface area contributed by atoms with Gasteiger partial charge in [-0.3, -0.25) is 10.1 Å². The number of nitrogens with one attached hydrogen (secondary N) is 2. The minimum atomic E-state index is -0.932. The van der Waals surface area contributed by atoms with Gasteiger partial charge in [-0.05, 0) is 41.3 Å². The molecule has 0 aliphatic rings. The van der Waals surface area contributed by atoms with E-state index in [2.05, 4.69) is 15.7 Å². The first-order chi connectivity index (χ1) is 15.4. The summed E-state index contributed by atoms with van der Waals surface area (Å²) >= 11 is 13.7. The van der Waals surface area contributed by atoms with Gasteiger partial charge in [0.1, 0.15) is 11.5 Å². The summed E-state index contributed by atoms with van der Waals surface area (Å²) in [5, 5.41) is 21.7. The molecule has 0 fully saturated rings. The molecular weight excluding hydrogens is 471 g/mol. The predicted molar refractivity (Wildman–Crippen MR) is 127 cm³/mol. The van der Waals surface area contributed by atoms with Crippen LogP contribution >= 0.6 is 34.5 Å². The van der Waals surface area contributed by atoms with Crippen molar-refractivity contribution in [2.75, 3.05) is 10.6 Å². The largest absolute Gasteiger partial charge is 0.481 e. The molecule has 0 spiro atoms. The molecule has 2 amide bonds. The van der Waals surface area contributed by atoms with Gasteiger partial charge >= 0.3 is 12.0 Å². The molecule has 162 valence electrons. The fourth-order valence-electron chi connectivity index (χ4n) is 3.05. The summed E-state index contributed by atoms with van der Waals surface area (Å²) in [5.41, 5.74) is 2.26. The van der Waals surface area contributed by atoms with Crippen molar-refractivity contribution >= 4 is 58.0 Å². The van der Waals surface area contributed by atoms with Crippen molar-refractivity contribution < 1.29 is 14.7 Å². The van der Waals surface area contributed by atoms with Crippen LogP contribution in [0.25, 0.3) is 16.3 Å². The number of carboxylic acid groups (broad SMARTS) is 1. The van der Waals surface area contributed by atoms with Crippen LogP contribution in [0.3, 0.4) is 0 Å². The lowest BCUT2D eigenvalue weighted by molar-refractivity contribution is -0.136. The van der Waals surface area contributed by atoms with E-state index in [0.717, 1.165) is 4.88 Å². The first kappa shape index (κ1) is 21.9. The zero-order chi connectivity index (χ0) is 22.7. The monoisotopic (exact) mass is 486 g/mol. The number of urea groups is 1. The summed E-state index contributed by atoms with van der Waals surface area (Å²) in [4.78, 5) is 24.7. The summed E-state index contributed by atoms with van der Waals surface area (Å²) in [5.74, 6) is -0.533. The minimum absolute atomic E-state index is 0.122. The summed E-state index contributed by atoms with van der Waals surface area (Å²) in [6.45, 7) is 0. The molecule has 0 unspecified atom stereocenters. The molecule has 2 aromatic carbocycles. The molecule has 0 saturated carbocycles. The maximum Gasteiger partial charge on any atom is 0.324 e. The van der Waals surface area contributed by atoms with E-state index < -0.39 is 12.0 Å². The molecule has 10 heteroatoms. The SMILES string of the molecule is O=C(O)Cc1cccc(-n2nc(-c3cccs3)cc2NC(=O)Nc2cccc(Cl)c2Cl)c1. The number of carbonyl (C=O) groups is 2. The molecular formula is C22H16Cl2N4O3S. The lowest BCUT2D eigenvalue weighted by atomic mass is 10.1. The zero-order valence-corrected chi connectivity index (χ0v) is 18.7. The minimum Gasteiger partial charge on any atom is -0.481 e. The van der Waals surface area contributed by atoms with Crippen LogP contribution in [0, 0.1) is 0 Å². The second kappa shape index (κ2) is 9.44. The highest BCUT2D eigenvalue weighted by Gasteiger charge is 2.16. The van der Waals surface area contributed by atoms with Crippen molar-refractivity contribution in [3.63, 3.8) is 0 Å². The molecule has 0 aliphatic heterocycles. The summed E-state index contributed by atoms with van der Waals surface area (Å²) < 4.78 is 1.56. The van der Waals surface area contributed by atoms with Gasteiger partial charge in [-0.15, -0.1) is 11.3 Å². The third-order valence-corrected chi connectivity index (χ3v) is 6.15. The van der Waals surface area contributed by atoms with E-state index in [1.54, 1.807) is 53.2 Å². The maximum atomic E-state index is 12.7. The van der Waals surface area contributed by atoms with Crippen molar-refractivity contribution in [2.24, 2.45) is 0 Å². The summed E-state index contributed by atoms with van der Waals surface area (Å²) in [6.07, 6.45) is -0.122.